The molecule has 5 heteroatoms. The Bertz CT molecular complexity index is 632. The van der Waals surface area contributed by atoms with Crippen LogP contribution in [-0.4, -0.2) is 22.6 Å². The van der Waals surface area contributed by atoms with Crippen LogP contribution in [0.15, 0.2) is 24.3 Å². The third-order valence-electron chi connectivity index (χ3n) is 3.40. The first-order valence-electron chi connectivity index (χ1n) is 6.56. The van der Waals surface area contributed by atoms with Crippen molar-refractivity contribution < 1.29 is 9.53 Å². The van der Waals surface area contributed by atoms with Crippen LogP contribution in [0.2, 0.25) is 0 Å². The van der Waals surface area contributed by atoms with E-state index in [-0.39, 0.29) is 5.69 Å². The summed E-state index contributed by atoms with van der Waals surface area (Å²) in [5, 5.41) is 0. The Labute approximate surface area is 118 Å². The first kappa shape index (κ1) is 14.1. The van der Waals surface area contributed by atoms with E-state index in [0.29, 0.717) is 18.2 Å². The minimum absolute atomic E-state index is 0.180. The third kappa shape index (κ3) is 2.52. The maximum atomic E-state index is 11.6. The molecule has 0 atom stereocenters. The highest BCUT2D eigenvalue weighted by Gasteiger charge is 2.19. The lowest BCUT2D eigenvalue weighted by molar-refractivity contribution is 0.0595. The number of carbonyl (C=O) groups excluding carboxylic acids is 1. The second-order valence-electron chi connectivity index (χ2n) is 4.59. The second kappa shape index (κ2) is 5.77. The number of methoxy groups -OCH3 is 1. The van der Waals surface area contributed by atoms with E-state index in [1.165, 1.54) is 18.2 Å². The van der Waals surface area contributed by atoms with Gasteiger partial charge in [0.2, 0.25) is 0 Å². The maximum Gasteiger partial charge on any atom is 0.360 e. The van der Waals surface area contributed by atoms with Crippen LogP contribution in [0.25, 0.3) is 0 Å². The molecule has 0 fully saturated rings. The highest BCUT2D eigenvalue weighted by atomic mass is 16.5. The van der Waals surface area contributed by atoms with Gasteiger partial charge in [-0.3, -0.25) is 0 Å². The lowest BCUT2D eigenvalue weighted by atomic mass is 10.1. The van der Waals surface area contributed by atoms with Gasteiger partial charge in [-0.25, -0.2) is 9.78 Å². The Balaban J connectivity index is 2.39. The Kier molecular flexibility index (Phi) is 4.08. The highest BCUT2D eigenvalue weighted by Crippen LogP contribution is 2.19. The number of hydrogen-bond acceptors (Lipinski definition) is 4. The third-order valence-corrected chi connectivity index (χ3v) is 3.40. The van der Waals surface area contributed by atoms with Crippen molar-refractivity contribution in [1.29, 1.82) is 0 Å². The lowest BCUT2D eigenvalue weighted by Crippen LogP contribution is -2.10. The molecule has 0 aliphatic rings. The molecule has 0 aliphatic heterocycles. The standard InChI is InChI=1S/C15H19N3O2/c1-4-11-7-5-6-8-12(11)9-18-10(2)17-13(14(18)16)15(19)20-3/h5-8H,4,9,16H2,1-3H3. The minimum Gasteiger partial charge on any atom is -0.464 e. The summed E-state index contributed by atoms with van der Waals surface area (Å²) in [6, 6.07) is 8.18. The van der Waals surface area contributed by atoms with E-state index >= 15 is 0 Å². The number of ether oxygens (including phenoxy) is 1. The minimum atomic E-state index is -0.506. The molecule has 2 N–H and O–H groups in total. The van der Waals surface area contributed by atoms with Crippen LogP contribution in [-0.2, 0) is 17.7 Å². The molecule has 20 heavy (non-hydrogen) atoms. The fourth-order valence-corrected chi connectivity index (χ4v) is 2.26. The van der Waals surface area contributed by atoms with Gasteiger partial charge < -0.3 is 15.0 Å². The Morgan fingerprint density at radius 2 is 2.00 bits per heavy atom. The summed E-state index contributed by atoms with van der Waals surface area (Å²) < 4.78 is 6.52. The maximum absolute atomic E-state index is 11.6. The molecule has 106 valence electrons. The van der Waals surface area contributed by atoms with Crippen molar-refractivity contribution >= 4 is 11.8 Å². The number of imidazole rings is 1. The number of rotatable bonds is 4. The zero-order chi connectivity index (χ0) is 14.7. The molecule has 5 nitrogen and oxygen atoms in total. The number of nitrogens with zero attached hydrogens (tertiary/aromatic N) is 2. The fraction of sp³-hybridized carbons (Fsp3) is 0.333. The zero-order valence-corrected chi connectivity index (χ0v) is 12.0. The summed E-state index contributed by atoms with van der Waals surface area (Å²) in [7, 11) is 1.32. The highest BCUT2D eigenvalue weighted by molar-refractivity contribution is 5.92. The summed E-state index contributed by atoms with van der Waals surface area (Å²) in [4.78, 5) is 15.8. The summed E-state index contributed by atoms with van der Waals surface area (Å²) in [6.07, 6.45) is 0.952. The molecule has 0 unspecified atom stereocenters. The van der Waals surface area contributed by atoms with Crippen molar-refractivity contribution in [3.05, 3.63) is 46.9 Å². The SMILES string of the molecule is CCc1ccccc1Cn1c(C)nc(C(=O)OC)c1N. The Morgan fingerprint density at radius 3 is 2.60 bits per heavy atom. The van der Waals surface area contributed by atoms with Gasteiger partial charge in [0.25, 0.3) is 0 Å². The first-order chi connectivity index (χ1) is 9.58. The molecule has 0 saturated carbocycles. The molecule has 0 aliphatic carbocycles. The van der Waals surface area contributed by atoms with E-state index in [9.17, 15) is 4.79 Å². The molecular weight excluding hydrogens is 254 g/mol. The molecule has 0 bridgehead atoms. The van der Waals surface area contributed by atoms with Crippen molar-refractivity contribution in [2.75, 3.05) is 12.8 Å². The van der Waals surface area contributed by atoms with Crippen molar-refractivity contribution in [2.24, 2.45) is 0 Å². The number of aromatic nitrogens is 2. The number of carbonyl (C=O) groups is 1. The smallest absolute Gasteiger partial charge is 0.360 e. The van der Waals surface area contributed by atoms with E-state index in [2.05, 4.69) is 28.8 Å². The van der Waals surface area contributed by atoms with Crippen LogP contribution < -0.4 is 5.73 Å². The Hall–Kier alpha value is -2.30. The second-order valence-corrected chi connectivity index (χ2v) is 4.59. The molecule has 0 amide bonds. The number of esters is 1. The summed E-state index contributed by atoms with van der Waals surface area (Å²) >= 11 is 0. The molecule has 1 aromatic carbocycles. The van der Waals surface area contributed by atoms with Gasteiger partial charge in [0.05, 0.1) is 13.7 Å². The van der Waals surface area contributed by atoms with Crippen molar-refractivity contribution in [1.82, 2.24) is 9.55 Å². The van der Waals surface area contributed by atoms with Gasteiger partial charge in [-0.1, -0.05) is 31.2 Å². The first-order valence-corrected chi connectivity index (χ1v) is 6.56. The predicted molar refractivity (Wildman–Crippen MR) is 77.6 cm³/mol. The van der Waals surface area contributed by atoms with E-state index in [0.717, 1.165) is 6.42 Å². The van der Waals surface area contributed by atoms with Gasteiger partial charge in [0, 0.05) is 0 Å². The van der Waals surface area contributed by atoms with E-state index in [1.54, 1.807) is 0 Å². The van der Waals surface area contributed by atoms with Gasteiger partial charge in [-0.2, -0.15) is 0 Å². The summed E-state index contributed by atoms with van der Waals surface area (Å²) in [5.41, 5.74) is 8.64. The molecule has 0 radical (unpaired) electrons. The van der Waals surface area contributed by atoms with E-state index in [4.69, 9.17) is 5.73 Å². The molecular formula is C15H19N3O2. The van der Waals surface area contributed by atoms with E-state index in [1.807, 2.05) is 23.6 Å². The molecule has 0 saturated heterocycles. The average molecular weight is 273 g/mol. The number of anilines is 1. The normalized spacial score (nSPS) is 10.6. The van der Waals surface area contributed by atoms with Crippen LogP contribution >= 0.6 is 0 Å². The predicted octanol–water partition coefficient (Wildman–Crippen LogP) is 2.17. The zero-order valence-electron chi connectivity index (χ0n) is 12.0. The molecule has 0 spiro atoms. The van der Waals surface area contributed by atoms with Gasteiger partial charge >= 0.3 is 5.97 Å². The number of nitrogen functional groups attached to an aromatic ring is 1. The van der Waals surface area contributed by atoms with Crippen LogP contribution in [0.3, 0.4) is 0 Å². The van der Waals surface area contributed by atoms with Gasteiger partial charge in [0.15, 0.2) is 5.69 Å². The number of nitrogens with two attached hydrogens (primary N) is 1. The largest absolute Gasteiger partial charge is 0.464 e. The molecule has 2 rings (SSSR count). The van der Waals surface area contributed by atoms with Crippen LogP contribution in [0.4, 0.5) is 5.82 Å². The molecule has 1 aromatic heterocycles. The molecule has 2 aromatic rings. The van der Waals surface area contributed by atoms with Crippen LogP contribution in [0.1, 0.15) is 34.4 Å². The van der Waals surface area contributed by atoms with Crippen LogP contribution in [0, 0.1) is 6.92 Å². The van der Waals surface area contributed by atoms with Gasteiger partial charge in [-0.05, 0) is 24.5 Å². The van der Waals surface area contributed by atoms with Gasteiger partial charge in [-0.15, -0.1) is 0 Å². The fourth-order valence-electron chi connectivity index (χ4n) is 2.26. The molecule has 1 heterocycles. The monoisotopic (exact) mass is 273 g/mol. The number of benzene rings is 1. The van der Waals surface area contributed by atoms with Crippen molar-refractivity contribution in [3.63, 3.8) is 0 Å². The van der Waals surface area contributed by atoms with Crippen molar-refractivity contribution in [2.45, 2.75) is 26.8 Å². The van der Waals surface area contributed by atoms with Crippen LogP contribution in [0.5, 0.6) is 0 Å². The van der Waals surface area contributed by atoms with Gasteiger partial charge in [0.1, 0.15) is 11.6 Å². The van der Waals surface area contributed by atoms with E-state index < -0.39 is 5.97 Å². The number of hydrogen-bond donors (Lipinski definition) is 1. The van der Waals surface area contributed by atoms with Crippen molar-refractivity contribution in [3.8, 4) is 0 Å². The average Bonchev–Trinajstić information content (AvgIpc) is 2.75. The topological polar surface area (TPSA) is 70.1 Å². The number of aryl methyl sites for hydroxylation is 2. The Morgan fingerprint density at radius 1 is 1.35 bits per heavy atom. The summed E-state index contributed by atoms with van der Waals surface area (Å²) in [6.45, 7) is 4.55. The lowest BCUT2D eigenvalue weighted by Gasteiger charge is -2.11. The summed E-state index contributed by atoms with van der Waals surface area (Å²) in [5.74, 6) is 0.544. The quantitative estimate of drug-likeness (QED) is 0.867.